The van der Waals surface area contributed by atoms with Crippen LogP contribution in [0.5, 0.6) is 0 Å². The largest absolute Gasteiger partial charge is 0.418 e. The molecule has 0 aliphatic rings. The highest BCUT2D eigenvalue weighted by atomic mass is 79.9. The van der Waals surface area contributed by atoms with Gasteiger partial charge in [0.1, 0.15) is 0 Å². The summed E-state index contributed by atoms with van der Waals surface area (Å²) in [6, 6.07) is 4.24. The number of alkyl halides is 4. The number of halogens is 4. The van der Waals surface area contributed by atoms with Gasteiger partial charge in [-0.2, -0.15) is 13.2 Å². The van der Waals surface area contributed by atoms with Crippen LogP contribution < -0.4 is 0 Å². The van der Waals surface area contributed by atoms with Gasteiger partial charge in [0, 0.05) is 17.7 Å². The molecule has 2 nitrogen and oxygen atoms in total. The van der Waals surface area contributed by atoms with E-state index in [9.17, 15) is 13.2 Å². The second kappa shape index (κ2) is 4.52. The maximum atomic E-state index is 12.9. The molecule has 1 heterocycles. The number of imidazole rings is 1. The lowest BCUT2D eigenvalue weighted by molar-refractivity contribution is -0.137. The third-order valence-corrected chi connectivity index (χ3v) is 2.95. The Bertz CT molecular complexity index is 506. The molecular weight excluding hydrogens is 297 g/mol. The highest BCUT2D eigenvalue weighted by molar-refractivity contribution is 9.08. The molecule has 0 radical (unpaired) electrons. The minimum atomic E-state index is -4.38. The lowest BCUT2D eigenvalue weighted by Gasteiger charge is -2.14. The monoisotopic (exact) mass is 304 g/mol. The van der Waals surface area contributed by atoms with Crippen molar-refractivity contribution in [3.8, 4) is 5.69 Å². The SMILES string of the molecule is FC(F)(F)c1cc(CBr)ccc1-n1ccnc1. The predicted octanol–water partition coefficient (Wildman–Crippen LogP) is 3.79. The van der Waals surface area contributed by atoms with Crippen LogP contribution in [0.4, 0.5) is 13.2 Å². The molecule has 6 heteroatoms. The first-order valence-corrected chi connectivity index (χ1v) is 5.89. The summed E-state index contributed by atoms with van der Waals surface area (Å²) in [4.78, 5) is 3.75. The molecule has 1 aromatic heterocycles. The molecule has 0 spiro atoms. The molecular formula is C11H8BrF3N2. The fourth-order valence-electron chi connectivity index (χ4n) is 1.52. The van der Waals surface area contributed by atoms with E-state index in [4.69, 9.17) is 0 Å². The van der Waals surface area contributed by atoms with Crippen molar-refractivity contribution in [2.45, 2.75) is 11.5 Å². The van der Waals surface area contributed by atoms with E-state index in [1.807, 2.05) is 0 Å². The van der Waals surface area contributed by atoms with E-state index in [1.165, 1.54) is 29.4 Å². The van der Waals surface area contributed by atoms with Gasteiger partial charge in [0.25, 0.3) is 0 Å². The van der Waals surface area contributed by atoms with Gasteiger partial charge in [-0.15, -0.1) is 0 Å². The Hall–Kier alpha value is -1.30. The summed E-state index contributed by atoms with van der Waals surface area (Å²) in [5.41, 5.74) is 0.00772. The summed E-state index contributed by atoms with van der Waals surface area (Å²) in [5, 5.41) is 0.389. The topological polar surface area (TPSA) is 17.8 Å². The third-order valence-electron chi connectivity index (χ3n) is 2.30. The molecule has 0 unspecified atom stereocenters. The smallest absolute Gasteiger partial charge is 0.306 e. The summed E-state index contributed by atoms with van der Waals surface area (Å²) < 4.78 is 40.1. The second-order valence-corrected chi connectivity index (χ2v) is 4.01. The number of rotatable bonds is 2. The van der Waals surface area contributed by atoms with E-state index in [0.717, 1.165) is 6.07 Å². The van der Waals surface area contributed by atoms with Crippen LogP contribution in [0.2, 0.25) is 0 Å². The number of nitrogens with zero attached hydrogens (tertiary/aromatic N) is 2. The maximum Gasteiger partial charge on any atom is 0.418 e. The molecule has 0 aliphatic heterocycles. The van der Waals surface area contributed by atoms with Gasteiger partial charge in [0.2, 0.25) is 0 Å². The van der Waals surface area contributed by atoms with Crippen molar-refractivity contribution in [1.82, 2.24) is 9.55 Å². The molecule has 2 aromatic rings. The van der Waals surface area contributed by atoms with Crippen LogP contribution in [-0.2, 0) is 11.5 Å². The Morgan fingerprint density at radius 1 is 1.29 bits per heavy atom. The molecule has 0 fully saturated rings. The van der Waals surface area contributed by atoms with Crippen molar-refractivity contribution in [3.63, 3.8) is 0 Å². The molecule has 0 atom stereocenters. The first-order chi connectivity index (χ1) is 8.02. The van der Waals surface area contributed by atoms with Crippen LogP contribution in [0.25, 0.3) is 5.69 Å². The molecule has 17 heavy (non-hydrogen) atoms. The van der Waals surface area contributed by atoms with Gasteiger partial charge in [0.05, 0.1) is 17.6 Å². The lowest BCUT2D eigenvalue weighted by Crippen LogP contribution is -2.10. The molecule has 0 N–H and O–H groups in total. The van der Waals surface area contributed by atoms with Gasteiger partial charge in [-0.05, 0) is 17.7 Å². The number of benzene rings is 1. The van der Waals surface area contributed by atoms with E-state index in [0.29, 0.717) is 10.9 Å². The number of aromatic nitrogens is 2. The zero-order valence-electron chi connectivity index (χ0n) is 8.58. The minimum absolute atomic E-state index is 0.0831. The molecule has 0 saturated carbocycles. The zero-order chi connectivity index (χ0) is 12.5. The summed E-state index contributed by atoms with van der Waals surface area (Å²) >= 11 is 3.15. The molecule has 1 aromatic carbocycles. The van der Waals surface area contributed by atoms with E-state index in [-0.39, 0.29) is 5.69 Å². The fourth-order valence-corrected chi connectivity index (χ4v) is 1.87. The van der Waals surface area contributed by atoms with E-state index in [2.05, 4.69) is 20.9 Å². The Balaban J connectivity index is 2.59. The van der Waals surface area contributed by atoms with Crippen molar-refractivity contribution in [2.24, 2.45) is 0 Å². The van der Waals surface area contributed by atoms with Crippen molar-refractivity contribution in [3.05, 3.63) is 48.0 Å². The normalized spacial score (nSPS) is 11.8. The van der Waals surface area contributed by atoms with Gasteiger partial charge >= 0.3 is 6.18 Å². The standard InChI is InChI=1S/C11H8BrF3N2/c12-6-8-1-2-10(17-4-3-16-7-17)9(5-8)11(13,14)15/h1-5,7H,6H2. The lowest BCUT2D eigenvalue weighted by atomic mass is 10.1. The van der Waals surface area contributed by atoms with Crippen LogP contribution in [0, 0.1) is 0 Å². The highest BCUT2D eigenvalue weighted by Crippen LogP contribution is 2.34. The van der Waals surface area contributed by atoms with Gasteiger partial charge in [0.15, 0.2) is 0 Å². The van der Waals surface area contributed by atoms with Gasteiger partial charge in [-0.3, -0.25) is 0 Å². The Kier molecular flexibility index (Phi) is 3.24. The van der Waals surface area contributed by atoms with Crippen LogP contribution in [0.15, 0.2) is 36.9 Å². The minimum Gasteiger partial charge on any atom is -0.306 e. The third kappa shape index (κ3) is 2.52. The molecule has 0 aliphatic carbocycles. The van der Waals surface area contributed by atoms with Crippen molar-refractivity contribution < 1.29 is 13.2 Å². The fraction of sp³-hybridized carbons (Fsp3) is 0.182. The quantitative estimate of drug-likeness (QED) is 0.772. The van der Waals surface area contributed by atoms with Gasteiger partial charge in [-0.1, -0.05) is 22.0 Å². The zero-order valence-corrected chi connectivity index (χ0v) is 10.2. The molecule has 2 rings (SSSR count). The van der Waals surface area contributed by atoms with Crippen LogP contribution in [-0.4, -0.2) is 9.55 Å². The highest BCUT2D eigenvalue weighted by Gasteiger charge is 2.34. The first-order valence-electron chi connectivity index (χ1n) is 4.77. The predicted molar refractivity (Wildman–Crippen MR) is 61.2 cm³/mol. The van der Waals surface area contributed by atoms with Crippen molar-refractivity contribution in [1.29, 1.82) is 0 Å². The summed E-state index contributed by atoms with van der Waals surface area (Å²) in [6.07, 6.45) is -0.104. The average Bonchev–Trinajstić information content (AvgIpc) is 2.80. The summed E-state index contributed by atoms with van der Waals surface area (Å²) in [5.74, 6) is 0. The first kappa shape index (κ1) is 12.2. The van der Waals surface area contributed by atoms with Crippen LogP contribution in [0.1, 0.15) is 11.1 Å². The van der Waals surface area contributed by atoms with E-state index < -0.39 is 11.7 Å². The maximum absolute atomic E-state index is 12.9. The van der Waals surface area contributed by atoms with Crippen molar-refractivity contribution in [2.75, 3.05) is 0 Å². The molecule has 0 saturated heterocycles. The number of hydrogen-bond donors (Lipinski definition) is 0. The van der Waals surface area contributed by atoms with Crippen molar-refractivity contribution >= 4 is 15.9 Å². The Labute approximate surface area is 104 Å². The Morgan fingerprint density at radius 2 is 2.06 bits per heavy atom. The Morgan fingerprint density at radius 3 is 2.59 bits per heavy atom. The van der Waals surface area contributed by atoms with Crippen LogP contribution in [0.3, 0.4) is 0 Å². The molecule has 90 valence electrons. The number of hydrogen-bond acceptors (Lipinski definition) is 1. The van der Waals surface area contributed by atoms with Gasteiger partial charge < -0.3 is 4.57 Å². The van der Waals surface area contributed by atoms with Gasteiger partial charge in [-0.25, -0.2) is 4.98 Å². The van der Waals surface area contributed by atoms with E-state index in [1.54, 1.807) is 6.07 Å². The van der Waals surface area contributed by atoms with E-state index >= 15 is 0 Å². The average molecular weight is 305 g/mol. The second-order valence-electron chi connectivity index (χ2n) is 3.45. The molecule has 0 bridgehead atoms. The molecule has 0 amide bonds. The van der Waals surface area contributed by atoms with Crippen LogP contribution >= 0.6 is 15.9 Å². The summed E-state index contributed by atoms with van der Waals surface area (Å²) in [7, 11) is 0. The summed E-state index contributed by atoms with van der Waals surface area (Å²) in [6.45, 7) is 0.